The van der Waals surface area contributed by atoms with Gasteiger partial charge in [-0.05, 0) is 39.7 Å². The number of esters is 3. The number of allylic oxidation sites excluding steroid dienone is 1. The molecule has 0 radical (unpaired) electrons. The molecule has 0 aromatic carbocycles. The molecule has 1 fully saturated rings. The summed E-state index contributed by atoms with van der Waals surface area (Å²) in [6.45, 7) is 7.90. The Labute approximate surface area is 175 Å². The van der Waals surface area contributed by atoms with E-state index in [1.165, 1.54) is 6.92 Å². The van der Waals surface area contributed by atoms with Gasteiger partial charge in [0.2, 0.25) is 0 Å². The van der Waals surface area contributed by atoms with E-state index in [1.54, 1.807) is 32.9 Å². The first-order valence-corrected chi connectivity index (χ1v) is 10.1. The van der Waals surface area contributed by atoms with Crippen LogP contribution >= 0.6 is 0 Å². The minimum absolute atomic E-state index is 0.118. The van der Waals surface area contributed by atoms with Crippen LogP contribution in [0.25, 0.3) is 0 Å². The van der Waals surface area contributed by atoms with Crippen LogP contribution in [-0.2, 0) is 33.3 Å². The van der Waals surface area contributed by atoms with E-state index in [2.05, 4.69) is 0 Å². The molecule has 0 unspecified atom stereocenters. The van der Waals surface area contributed by atoms with Gasteiger partial charge in [-0.1, -0.05) is 13.0 Å². The van der Waals surface area contributed by atoms with E-state index < -0.39 is 41.3 Å². The summed E-state index contributed by atoms with van der Waals surface area (Å²) < 4.78 is 22.3. The molecule has 4 atom stereocenters. The van der Waals surface area contributed by atoms with E-state index in [4.69, 9.17) is 18.9 Å². The second kappa shape index (κ2) is 8.00. The van der Waals surface area contributed by atoms with Crippen molar-refractivity contribution in [1.29, 1.82) is 0 Å². The van der Waals surface area contributed by atoms with Gasteiger partial charge in [0.15, 0.2) is 5.79 Å². The minimum Gasteiger partial charge on any atom is -0.461 e. The summed E-state index contributed by atoms with van der Waals surface area (Å²) in [6.07, 6.45) is 3.51. The molecule has 0 aromatic heterocycles. The fraction of sp³-hybridized carbons (Fsp3) is 0.591. The van der Waals surface area contributed by atoms with Crippen LogP contribution in [0.5, 0.6) is 0 Å². The van der Waals surface area contributed by atoms with Crippen LogP contribution in [0.3, 0.4) is 0 Å². The molecule has 3 aliphatic heterocycles. The Bertz CT molecular complexity index is 866. The molecule has 3 heterocycles. The predicted molar refractivity (Wildman–Crippen MR) is 105 cm³/mol. The molecule has 8 nitrogen and oxygen atoms in total. The first-order valence-electron chi connectivity index (χ1n) is 10.1. The van der Waals surface area contributed by atoms with Crippen molar-refractivity contribution >= 4 is 17.9 Å². The molecular weight excluding hydrogens is 392 g/mol. The lowest BCUT2D eigenvalue weighted by molar-refractivity contribution is -0.238. The summed E-state index contributed by atoms with van der Waals surface area (Å²) in [5.41, 5.74) is 0.0157. The van der Waals surface area contributed by atoms with Crippen molar-refractivity contribution in [2.24, 2.45) is 5.92 Å². The maximum atomic E-state index is 12.6. The highest BCUT2D eigenvalue weighted by atomic mass is 16.6. The van der Waals surface area contributed by atoms with Crippen LogP contribution in [0.1, 0.15) is 53.9 Å². The van der Waals surface area contributed by atoms with Gasteiger partial charge in [-0.3, -0.25) is 4.79 Å². The van der Waals surface area contributed by atoms with Crippen molar-refractivity contribution in [2.75, 3.05) is 6.61 Å². The molecule has 30 heavy (non-hydrogen) atoms. The average molecular weight is 420 g/mol. The van der Waals surface area contributed by atoms with E-state index in [-0.39, 0.29) is 24.4 Å². The number of carbonyl (C=O) groups is 3. The van der Waals surface area contributed by atoms with Crippen LogP contribution in [0.4, 0.5) is 0 Å². The van der Waals surface area contributed by atoms with Crippen molar-refractivity contribution in [3.05, 3.63) is 34.6 Å². The molecule has 1 N–H and O–H groups in total. The zero-order chi connectivity index (χ0) is 22.3. The maximum Gasteiger partial charge on any atom is 0.343 e. The van der Waals surface area contributed by atoms with Gasteiger partial charge in [0.1, 0.15) is 18.5 Å². The van der Waals surface area contributed by atoms with Crippen molar-refractivity contribution < 1.29 is 38.4 Å². The molecule has 0 amide bonds. The summed E-state index contributed by atoms with van der Waals surface area (Å²) in [5, 5.41) is 11.1. The van der Waals surface area contributed by atoms with E-state index in [1.807, 2.05) is 6.92 Å². The lowest BCUT2D eigenvalue weighted by Gasteiger charge is -2.33. The van der Waals surface area contributed by atoms with Crippen LogP contribution in [0.15, 0.2) is 34.6 Å². The number of aliphatic hydroxyl groups is 1. The molecule has 3 rings (SSSR count). The number of ether oxygens (including phenoxy) is 4. The molecule has 2 bridgehead atoms. The molecule has 0 spiro atoms. The maximum absolute atomic E-state index is 12.6. The fourth-order valence-electron chi connectivity index (χ4n) is 3.98. The standard InChI is InChI=1S/C22H28O8/c1-6-12(2)19(24)28-16-9-13(3)22(26)8-7-21(5,30-22)10-17-18(16)15(20(25)29-17)11-27-14(4)23/h6,10,13,16,26H,7-9,11H2,1-5H3/b12-6+,17-10?/t13-,16+,21-,22+/m1/s1. The van der Waals surface area contributed by atoms with Gasteiger partial charge in [0.05, 0.1) is 11.2 Å². The summed E-state index contributed by atoms with van der Waals surface area (Å²) in [6, 6.07) is 0. The Morgan fingerprint density at radius 1 is 1.33 bits per heavy atom. The second-order valence-electron chi connectivity index (χ2n) is 8.33. The second-order valence-corrected chi connectivity index (χ2v) is 8.33. The van der Waals surface area contributed by atoms with Crippen molar-refractivity contribution in [3.8, 4) is 0 Å². The smallest absolute Gasteiger partial charge is 0.343 e. The topological polar surface area (TPSA) is 108 Å². The minimum atomic E-state index is -1.40. The monoisotopic (exact) mass is 420 g/mol. The molecule has 0 aromatic rings. The molecule has 0 aliphatic carbocycles. The molecule has 8 heteroatoms. The summed E-state index contributed by atoms with van der Waals surface area (Å²) >= 11 is 0. The first kappa shape index (κ1) is 22.2. The summed E-state index contributed by atoms with van der Waals surface area (Å²) in [7, 11) is 0. The molecular formula is C22H28O8. The third-order valence-electron chi connectivity index (χ3n) is 5.95. The van der Waals surface area contributed by atoms with E-state index in [9.17, 15) is 19.5 Å². The number of carbonyl (C=O) groups excluding carboxylic acids is 3. The Hall–Kier alpha value is -2.45. The normalized spacial score (nSPS) is 33.7. The summed E-state index contributed by atoms with van der Waals surface area (Å²) in [5.74, 6) is -3.35. The van der Waals surface area contributed by atoms with Gasteiger partial charge < -0.3 is 24.1 Å². The zero-order valence-electron chi connectivity index (χ0n) is 17.9. The van der Waals surface area contributed by atoms with E-state index in [0.29, 0.717) is 24.0 Å². The van der Waals surface area contributed by atoms with Crippen molar-refractivity contribution in [1.82, 2.24) is 0 Å². The molecule has 3 aliphatic rings. The Morgan fingerprint density at radius 3 is 2.67 bits per heavy atom. The highest BCUT2D eigenvalue weighted by Crippen LogP contribution is 2.47. The quantitative estimate of drug-likeness (QED) is 0.420. The lowest BCUT2D eigenvalue weighted by atomic mass is 9.86. The predicted octanol–water partition coefficient (Wildman–Crippen LogP) is 2.46. The lowest BCUT2D eigenvalue weighted by Crippen LogP contribution is -2.40. The highest BCUT2D eigenvalue weighted by molar-refractivity contribution is 5.96. The SMILES string of the molecule is C/C=C(\C)C(=O)O[C@H]1C[C@@H](C)[C@]2(O)CC[C@](C)(C=C3OC(=O)C(COC(C)=O)=C31)O2. The van der Waals surface area contributed by atoms with Gasteiger partial charge in [-0.2, -0.15) is 0 Å². The van der Waals surface area contributed by atoms with E-state index in [0.717, 1.165) is 0 Å². The molecule has 0 saturated carbocycles. The van der Waals surface area contributed by atoms with Gasteiger partial charge in [0.25, 0.3) is 0 Å². The van der Waals surface area contributed by atoms with Crippen LogP contribution in [-0.4, -0.2) is 47.1 Å². The summed E-state index contributed by atoms with van der Waals surface area (Å²) in [4.78, 5) is 36.5. The van der Waals surface area contributed by atoms with Gasteiger partial charge in [-0.15, -0.1) is 0 Å². The zero-order valence-corrected chi connectivity index (χ0v) is 17.9. The van der Waals surface area contributed by atoms with Crippen molar-refractivity contribution in [3.63, 3.8) is 0 Å². The third-order valence-corrected chi connectivity index (χ3v) is 5.95. The Morgan fingerprint density at radius 2 is 2.03 bits per heavy atom. The third kappa shape index (κ3) is 4.20. The van der Waals surface area contributed by atoms with Gasteiger partial charge >= 0.3 is 17.9 Å². The largest absolute Gasteiger partial charge is 0.461 e. The number of fused-ring (bicyclic) bond motifs is 3. The Balaban J connectivity index is 2.12. The van der Waals surface area contributed by atoms with Crippen molar-refractivity contribution in [2.45, 2.75) is 71.4 Å². The first-order chi connectivity index (χ1) is 14.0. The molecule has 1 saturated heterocycles. The molecule has 164 valence electrons. The number of rotatable bonds is 4. The highest BCUT2D eigenvalue weighted by Gasteiger charge is 2.52. The van der Waals surface area contributed by atoms with Crippen LogP contribution in [0, 0.1) is 5.92 Å². The van der Waals surface area contributed by atoms with Gasteiger partial charge in [-0.25, -0.2) is 9.59 Å². The Kier molecular flexibility index (Phi) is 5.93. The fourth-order valence-corrected chi connectivity index (χ4v) is 3.98. The number of hydrogen-bond donors (Lipinski definition) is 1. The number of hydrogen-bond acceptors (Lipinski definition) is 8. The van der Waals surface area contributed by atoms with E-state index >= 15 is 0 Å². The van der Waals surface area contributed by atoms with Crippen LogP contribution in [0.2, 0.25) is 0 Å². The van der Waals surface area contributed by atoms with Gasteiger partial charge in [0, 0.05) is 30.4 Å². The van der Waals surface area contributed by atoms with Crippen LogP contribution < -0.4 is 0 Å². The average Bonchev–Trinajstić information content (AvgIpc) is 3.14.